The predicted octanol–water partition coefficient (Wildman–Crippen LogP) is 14.0. The Morgan fingerprint density at radius 2 is 0.657 bits per heavy atom. The van der Waals surface area contributed by atoms with Crippen molar-refractivity contribution in [1.82, 2.24) is 13.7 Å². The van der Waals surface area contributed by atoms with Gasteiger partial charge in [-0.1, -0.05) is 206 Å². The number of aromatic nitrogens is 3. The zero-order valence-corrected chi connectivity index (χ0v) is 39.3. The summed E-state index contributed by atoms with van der Waals surface area (Å²) in [5.74, 6) is 0. The maximum atomic E-state index is 2.55. The van der Waals surface area contributed by atoms with Gasteiger partial charge in [-0.25, -0.2) is 0 Å². The van der Waals surface area contributed by atoms with Crippen LogP contribution in [0.25, 0.3) is 93.6 Å². The molecule has 0 saturated heterocycles. The van der Waals surface area contributed by atoms with Crippen LogP contribution in [-0.4, -0.2) is 21.8 Å². The third-order valence-corrected chi connectivity index (χ3v) is 19.6. The fraction of sp³-hybridized carbons (Fsp3) is 0. The number of nitrogens with zero attached hydrogens (tertiary/aromatic N) is 3. The molecular weight excluding hydrogens is 863 g/mol. The molecule has 0 amide bonds. The lowest BCUT2D eigenvalue weighted by molar-refractivity contribution is 1.17. The Morgan fingerprint density at radius 3 is 1.27 bits per heavy atom. The molecule has 0 unspecified atom stereocenters. The molecule has 3 nitrogen and oxygen atoms in total. The van der Waals surface area contributed by atoms with Crippen molar-refractivity contribution in [3.05, 3.63) is 273 Å². The van der Waals surface area contributed by atoms with Crippen molar-refractivity contribution in [3.63, 3.8) is 0 Å². The van der Waals surface area contributed by atoms with Crippen molar-refractivity contribution < 1.29 is 0 Å². The summed E-state index contributed by atoms with van der Waals surface area (Å²) >= 11 is 0. The summed E-state index contributed by atoms with van der Waals surface area (Å²) < 4.78 is 7.45. The zero-order valence-electron chi connectivity index (χ0n) is 38.3. The lowest BCUT2D eigenvalue weighted by Crippen LogP contribution is -2.74. The minimum atomic E-state index is -3.15. The maximum Gasteiger partial charge on any atom is 0.180 e. The van der Waals surface area contributed by atoms with Crippen LogP contribution in [-0.2, 0) is 0 Å². The zero-order chi connectivity index (χ0) is 46.2. The van der Waals surface area contributed by atoms with Gasteiger partial charge in [-0.3, -0.25) is 0 Å². The van der Waals surface area contributed by atoms with E-state index in [0.717, 1.165) is 17.1 Å². The summed E-state index contributed by atoms with van der Waals surface area (Å²) in [6.45, 7) is 0. The second kappa shape index (κ2) is 16.1. The summed E-state index contributed by atoms with van der Waals surface area (Å²) in [7, 11) is -3.15. The van der Waals surface area contributed by atoms with Crippen molar-refractivity contribution in [2.24, 2.45) is 0 Å². The minimum Gasteiger partial charge on any atom is -0.309 e. The SMILES string of the molecule is c1ccc(-c2ccc(-n3c4ccccc4c4c(-n5c6ccccc6c6c([Si](c7ccccc7)(c7ccccc7)c7cccc(-n8c9ccccc9c9ccccc98)c7)cccc65)cccc43)cc2)cc1. The molecule has 14 aromatic rings. The molecule has 3 aromatic heterocycles. The molecule has 0 saturated carbocycles. The first kappa shape index (κ1) is 40.1. The Labute approximate surface area is 407 Å². The normalized spacial score (nSPS) is 12.0. The van der Waals surface area contributed by atoms with Gasteiger partial charge in [0.25, 0.3) is 0 Å². The quantitative estimate of drug-likeness (QED) is 0.107. The van der Waals surface area contributed by atoms with E-state index in [4.69, 9.17) is 0 Å². The van der Waals surface area contributed by atoms with Gasteiger partial charge in [0.1, 0.15) is 0 Å². The predicted molar refractivity (Wildman–Crippen MR) is 299 cm³/mol. The summed E-state index contributed by atoms with van der Waals surface area (Å²) in [6.07, 6.45) is 0. The van der Waals surface area contributed by atoms with Crippen molar-refractivity contribution in [2.75, 3.05) is 0 Å². The van der Waals surface area contributed by atoms with E-state index in [9.17, 15) is 0 Å². The van der Waals surface area contributed by atoms with E-state index in [0.29, 0.717) is 0 Å². The highest BCUT2D eigenvalue weighted by molar-refractivity contribution is 7.20. The van der Waals surface area contributed by atoms with Crippen molar-refractivity contribution in [3.8, 4) is 28.2 Å². The first-order valence-corrected chi connectivity index (χ1v) is 26.2. The van der Waals surface area contributed by atoms with Gasteiger partial charge in [0.15, 0.2) is 8.07 Å². The van der Waals surface area contributed by atoms with Crippen molar-refractivity contribution >= 4 is 94.2 Å². The Kier molecular flexibility index (Phi) is 9.23. The molecule has 3 heterocycles. The van der Waals surface area contributed by atoms with Crippen LogP contribution < -0.4 is 20.7 Å². The number of para-hydroxylation sites is 4. The molecule has 0 aliphatic heterocycles. The monoisotopic (exact) mass is 907 g/mol. The van der Waals surface area contributed by atoms with Crippen LogP contribution in [0, 0.1) is 0 Å². The van der Waals surface area contributed by atoms with Crippen LogP contribution in [0.5, 0.6) is 0 Å². The molecule has 0 aliphatic rings. The summed E-state index contributed by atoms with van der Waals surface area (Å²) in [5, 5.41) is 12.9. The second-order valence-electron chi connectivity index (χ2n) is 18.4. The minimum absolute atomic E-state index is 1.14. The van der Waals surface area contributed by atoms with Gasteiger partial charge in [-0.15, -0.1) is 0 Å². The highest BCUT2D eigenvalue weighted by Crippen LogP contribution is 2.40. The first-order chi connectivity index (χ1) is 34.8. The summed E-state index contributed by atoms with van der Waals surface area (Å²) in [4.78, 5) is 0. The Balaban J connectivity index is 1.06. The van der Waals surface area contributed by atoms with Crippen LogP contribution in [0.4, 0.5) is 0 Å². The highest BCUT2D eigenvalue weighted by atomic mass is 28.3. The molecule has 4 heteroatoms. The van der Waals surface area contributed by atoms with Crippen molar-refractivity contribution in [2.45, 2.75) is 0 Å². The van der Waals surface area contributed by atoms with Crippen molar-refractivity contribution in [1.29, 1.82) is 0 Å². The number of benzene rings is 11. The van der Waals surface area contributed by atoms with Crippen LogP contribution in [0.15, 0.2) is 273 Å². The molecule has 0 N–H and O–H groups in total. The van der Waals surface area contributed by atoms with E-state index in [2.05, 4.69) is 287 Å². The Morgan fingerprint density at radius 1 is 0.243 bits per heavy atom. The lowest BCUT2D eigenvalue weighted by Gasteiger charge is -2.35. The summed E-state index contributed by atoms with van der Waals surface area (Å²) in [5.41, 5.74) is 13.0. The molecule has 0 fully saturated rings. The largest absolute Gasteiger partial charge is 0.309 e. The highest BCUT2D eigenvalue weighted by Gasteiger charge is 2.43. The lowest BCUT2D eigenvalue weighted by atomic mass is 10.1. The third-order valence-electron chi connectivity index (χ3n) is 14.8. The molecule has 0 radical (unpaired) electrons. The fourth-order valence-corrected chi connectivity index (χ4v) is 16.9. The second-order valence-corrected chi connectivity index (χ2v) is 22.2. The smallest absolute Gasteiger partial charge is 0.180 e. The number of fused-ring (bicyclic) bond motifs is 9. The molecular formula is C66H45N3Si. The molecule has 0 aliphatic carbocycles. The molecule has 328 valence electrons. The number of rotatable bonds is 8. The first-order valence-electron chi connectivity index (χ1n) is 24.2. The standard InChI is InChI=1S/C66H45N3Si/c1-4-21-46(22-5-1)47-41-43-48(44-42-47)67-59-35-16-12-31-55(59)65-61(67)37-19-38-62(65)69-60-36-17-13-32-56(60)66-63(69)39-20-40-64(66)70(50-24-6-2-7-25-50,51-26-8-3-9-27-51)52-28-18-23-49(45-52)68-57-33-14-10-29-53(57)54-30-11-15-34-58(54)68/h1-45H. The van der Waals surface area contributed by atoms with E-state index >= 15 is 0 Å². The molecule has 11 aromatic carbocycles. The van der Waals surface area contributed by atoms with Crippen LogP contribution in [0.1, 0.15) is 0 Å². The van der Waals surface area contributed by atoms with Gasteiger partial charge in [0, 0.05) is 43.7 Å². The number of hydrogen-bond acceptors (Lipinski definition) is 0. The molecule has 0 atom stereocenters. The topological polar surface area (TPSA) is 14.8 Å². The fourth-order valence-electron chi connectivity index (χ4n) is 11.9. The van der Waals surface area contributed by atoms with Gasteiger partial charge < -0.3 is 13.7 Å². The molecule has 70 heavy (non-hydrogen) atoms. The van der Waals surface area contributed by atoms with E-state index in [1.165, 1.54) is 97.3 Å². The average Bonchev–Trinajstić information content (AvgIpc) is 4.09. The van der Waals surface area contributed by atoms with E-state index in [1.54, 1.807) is 0 Å². The molecule has 0 spiro atoms. The third kappa shape index (κ3) is 5.94. The van der Waals surface area contributed by atoms with E-state index < -0.39 is 8.07 Å². The van der Waals surface area contributed by atoms with Gasteiger partial charge in [-0.05, 0) is 98.6 Å². The number of hydrogen-bond donors (Lipinski definition) is 0. The Bertz CT molecular complexity index is 4180. The van der Waals surface area contributed by atoms with E-state index in [-0.39, 0.29) is 0 Å². The maximum absolute atomic E-state index is 3.15. The van der Waals surface area contributed by atoms with Gasteiger partial charge >= 0.3 is 0 Å². The average molecular weight is 908 g/mol. The van der Waals surface area contributed by atoms with Crippen LogP contribution in [0.2, 0.25) is 0 Å². The summed E-state index contributed by atoms with van der Waals surface area (Å²) in [6, 6.07) is 101. The van der Waals surface area contributed by atoms with E-state index in [1.807, 2.05) is 0 Å². The van der Waals surface area contributed by atoms with Gasteiger partial charge in [0.05, 0.1) is 38.8 Å². The van der Waals surface area contributed by atoms with Gasteiger partial charge in [0.2, 0.25) is 0 Å². The molecule has 14 rings (SSSR count). The van der Waals surface area contributed by atoms with Gasteiger partial charge in [-0.2, -0.15) is 0 Å². The van der Waals surface area contributed by atoms with Crippen LogP contribution in [0.3, 0.4) is 0 Å². The van der Waals surface area contributed by atoms with Crippen LogP contribution >= 0.6 is 0 Å². The molecule has 0 bridgehead atoms. The Hall–Kier alpha value is -8.96.